The minimum Gasteiger partial charge on any atom is -0.329 e. The fourth-order valence-corrected chi connectivity index (χ4v) is 3.52. The second-order valence-corrected chi connectivity index (χ2v) is 6.04. The standard InChI is InChI=1S/C9H19N3O2S/c10-6-7-12(9-2-1-3-9)15(13,14)11-8-4-5-8/h8-9,11H,1-7,10H2. The lowest BCUT2D eigenvalue weighted by Gasteiger charge is -2.36. The Morgan fingerprint density at radius 3 is 2.33 bits per heavy atom. The molecule has 0 aromatic heterocycles. The van der Waals surface area contributed by atoms with E-state index in [4.69, 9.17) is 5.73 Å². The van der Waals surface area contributed by atoms with Crippen LogP contribution in [-0.2, 0) is 10.2 Å². The van der Waals surface area contributed by atoms with E-state index in [1.54, 1.807) is 4.31 Å². The van der Waals surface area contributed by atoms with E-state index >= 15 is 0 Å². The van der Waals surface area contributed by atoms with Gasteiger partial charge in [-0.05, 0) is 25.7 Å². The van der Waals surface area contributed by atoms with Gasteiger partial charge in [0, 0.05) is 25.2 Å². The van der Waals surface area contributed by atoms with E-state index in [1.807, 2.05) is 0 Å². The van der Waals surface area contributed by atoms with Gasteiger partial charge in [0.2, 0.25) is 0 Å². The molecule has 0 aliphatic heterocycles. The molecule has 2 aliphatic carbocycles. The quantitative estimate of drug-likeness (QED) is 0.667. The molecular formula is C9H19N3O2S. The van der Waals surface area contributed by atoms with Crippen LogP contribution in [-0.4, -0.2) is 37.9 Å². The van der Waals surface area contributed by atoms with Crippen molar-refractivity contribution in [3.63, 3.8) is 0 Å². The molecule has 88 valence electrons. The summed E-state index contributed by atoms with van der Waals surface area (Å²) in [6, 6.07) is 0.361. The molecule has 2 aliphatic rings. The van der Waals surface area contributed by atoms with Crippen molar-refractivity contribution in [2.75, 3.05) is 13.1 Å². The Labute approximate surface area is 91.2 Å². The monoisotopic (exact) mass is 233 g/mol. The average molecular weight is 233 g/mol. The van der Waals surface area contributed by atoms with Gasteiger partial charge in [0.05, 0.1) is 0 Å². The maximum Gasteiger partial charge on any atom is 0.279 e. The van der Waals surface area contributed by atoms with Gasteiger partial charge < -0.3 is 5.73 Å². The van der Waals surface area contributed by atoms with Crippen molar-refractivity contribution < 1.29 is 8.42 Å². The van der Waals surface area contributed by atoms with Gasteiger partial charge >= 0.3 is 0 Å². The molecular weight excluding hydrogens is 214 g/mol. The predicted molar refractivity (Wildman–Crippen MR) is 58.5 cm³/mol. The van der Waals surface area contributed by atoms with Gasteiger partial charge in [-0.2, -0.15) is 17.4 Å². The number of rotatable bonds is 6. The van der Waals surface area contributed by atoms with E-state index in [0.717, 1.165) is 32.1 Å². The summed E-state index contributed by atoms with van der Waals surface area (Å²) in [6.45, 7) is 0.828. The molecule has 0 bridgehead atoms. The minimum atomic E-state index is -3.28. The van der Waals surface area contributed by atoms with Crippen LogP contribution < -0.4 is 10.5 Å². The summed E-state index contributed by atoms with van der Waals surface area (Å²) in [4.78, 5) is 0. The smallest absolute Gasteiger partial charge is 0.279 e. The van der Waals surface area contributed by atoms with E-state index in [9.17, 15) is 8.42 Å². The summed E-state index contributed by atoms with van der Waals surface area (Å²) in [5.74, 6) is 0. The molecule has 2 fully saturated rings. The molecule has 0 spiro atoms. The molecule has 0 amide bonds. The first kappa shape index (κ1) is 11.3. The van der Waals surface area contributed by atoms with Crippen LogP contribution in [0, 0.1) is 0 Å². The molecule has 3 N–H and O–H groups in total. The summed E-state index contributed by atoms with van der Waals surface area (Å²) in [5, 5.41) is 0. The largest absolute Gasteiger partial charge is 0.329 e. The van der Waals surface area contributed by atoms with Crippen molar-refractivity contribution in [2.45, 2.75) is 44.2 Å². The van der Waals surface area contributed by atoms with Crippen LogP contribution in [0.1, 0.15) is 32.1 Å². The molecule has 5 nitrogen and oxygen atoms in total. The number of nitrogens with two attached hydrogens (primary N) is 1. The van der Waals surface area contributed by atoms with Crippen LogP contribution in [0.25, 0.3) is 0 Å². The highest BCUT2D eigenvalue weighted by molar-refractivity contribution is 7.87. The van der Waals surface area contributed by atoms with Gasteiger partial charge in [0.25, 0.3) is 10.2 Å². The van der Waals surface area contributed by atoms with Crippen molar-refractivity contribution in [1.82, 2.24) is 9.03 Å². The first-order valence-electron chi connectivity index (χ1n) is 5.62. The van der Waals surface area contributed by atoms with Gasteiger partial charge in [-0.1, -0.05) is 6.42 Å². The molecule has 6 heteroatoms. The summed E-state index contributed by atoms with van der Waals surface area (Å²) in [5.41, 5.74) is 5.46. The van der Waals surface area contributed by atoms with E-state index in [-0.39, 0.29) is 12.1 Å². The Morgan fingerprint density at radius 1 is 1.27 bits per heavy atom. The maximum absolute atomic E-state index is 12.0. The minimum absolute atomic E-state index is 0.176. The van der Waals surface area contributed by atoms with Crippen molar-refractivity contribution in [3.05, 3.63) is 0 Å². The molecule has 0 heterocycles. The Morgan fingerprint density at radius 2 is 1.93 bits per heavy atom. The van der Waals surface area contributed by atoms with Crippen LogP contribution in [0.5, 0.6) is 0 Å². The lowest BCUT2D eigenvalue weighted by molar-refractivity contribution is 0.220. The molecule has 2 saturated carbocycles. The van der Waals surface area contributed by atoms with Crippen LogP contribution >= 0.6 is 0 Å². The van der Waals surface area contributed by atoms with Gasteiger partial charge in [0.1, 0.15) is 0 Å². The molecule has 0 atom stereocenters. The molecule has 0 aromatic carbocycles. The summed E-state index contributed by atoms with van der Waals surface area (Å²) in [6.07, 6.45) is 5.03. The highest BCUT2D eigenvalue weighted by atomic mass is 32.2. The van der Waals surface area contributed by atoms with E-state index in [0.29, 0.717) is 13.1 Å². The Kier molecular flexibility index (Phi) is 3.30. The fraction of sp³-hybridized carbons (Fsp3) is 1.00. The van der Waals surface area contributed by atoms with E-state index < -0.39 is 10.2 Å². The third-order valence-electron chi connectivity index (χ3n) is 3.03. The van der Waals surface area contributed by atoms with Crippen LogP contribution in [0.3, 0.4) is 0 Å². The van der Waals surface area contributed by atoms with Crippen LogP contribution in [0.2, 0.25) is 0 Å². The number of nitrogens with one attached hydrogen (secondary N) is 1. The summed E-state index contributed by atoms with van der Waals surface area (Å²) < 4.78 is 28.2. The zero-order chi connectivity index (χ0) is 10.9. The highest BCUT2D eigenvalue weighted by Gasteiger charge is 2.36. The topological polar surface area (TPSA) is 75.4 Å². The molecule has 0 saturated heterocycles. The van der Waals surface area contributed by atoms with Crippen molar-refractivity contribution in [3.8, 4) is 0 Å². The lowest BCUT2D eigenvalue weighted by atomic mass is 9.93. The second kappa shape index (κ2) is 4.37. The summed E-state index contributed by atoms with van der Waals surface area (Å²) in [7, 11) is -3.28. The maximum atomic E-state index is 12.0. The van der Waals surface area contributed by atoms with Crippen LogP contribution in [0.15, 0.2) is 0 Å². The Balaban J connectivity index is 2.00. The zero-order valence-corrected chi connectivity index (χ0v) is 9.67. The number of hydrogen-bond donors (Lipinski definition) is 2. The van der Waals surface area contributed by atoms with Gasteiger partial charge in [0.15, 0.2) is 0 Å². The normalized spacial score (nSPS) is 23.1. The molecule has 2 rings (SSSR count). The van der Waals surface area contributed by atoms with Crippen molar-refractivity contribution >= 4 is 10.2 Å². The van der Waals surface area contributed by atoms with E-state index in [2.05, 4.69) is 4.72 Å². The molecule has 0 radical (unpaired) electrons. The van der Waals surface area contributed by atoms with E-state index in [1.165, 1.54) is 0 Å². The highest BCUT2D eigenvalue weighted by Crippen LogP contribution is 2.28. The second-order valence-electron chi connectivity index (χ2n) is 4.38. The number of nitrogens with zero attached hydrogens (tertiary/aromatic N) is 1. The molecule has 15 heavy (non-hydrogen) atoms. The zero-order valence-electron chi connectivity index (χ0n) is 8.85. The van der Waals surface area contributed by atoms with Crippen LogP contribution in [0.4, 0.5) is 0 Å². The summed E-state index contributed by atoms with van der Waals surface area (Å²) >= 11 is 0. The average Bonchev–Trinajstić information content (AvgIpc) is 2.83. The first-order chi connectivity index (χ1) is 7.13. The van der Waals surface area contributed by atoms with Gasteiger partial charge in [-0.15, -0.1) is 0 Å². The third-order valence-corrected chi connectivity index (χ3v) is 4.76. The third kappa shape index (κ3) is 2.69. The SMILES string of the molecule is NCCN(C1CCC1)S(=O)(=O)NC1CC1. The van der Waals surface area contributed by atoms with Gasteiger partial charge in [-0.3, -0.25) is 0 Å². The van der Waals surface area contributed by atoms with Gasteiger partial charge in [-0.25, -0.2) is 0 Å². The number of hydrogen-bond acceptors (Lipinski definition) is 3. The fourth-order valence-electron chi connectivity index (χ4n) is 1.78. The van der Waals surface area contributed by atoms with Crippen molar-refractivity contribution in [2.24, 2.45) is 5.73 Å². The predicted octanol–water partition coefficient (Wildman–Crippen LogP) is -0.204. The Bertz CT molecular complexity index is 309. The Hall–Kier alpha value is -0.170. The molecule has 0 unspecified atom stereocenters. The molecule has 0 aromatic rings. The first-order valence-corrected chi connectivity index (χ1v) is 7.06. The van der Waals surface area contributed by atoms with Crippen molar-refractivity contribution in [1.29, 1.82) is 0 Å². The lowest BCUT2D eigenvalue weighted by Crippen LogP contribution is -2.51.